The topological polar surface area (TPSA) is 63.9 Å². The van der Waals surface area contributed by atoms with Crippen LogP contribution in [-0.4, -0.2) is 44.2 Å². The number of para-hydroxylation sites is 2. The highest BCUT2D eigenvalue weighted by Crippen LogP contribution is 2.34. The van der Waals surface area contributed by atoms with Crippen molar-refractivity contribution in [2.24, 2.45) is 0 Å². The maximum atomic E-state index is 12.8. The number of nitrogens with zero attached hydrogens (tertiary/aromatic N) is 5. The Kier molecular flexibility index (Phi) is 4.94. The van der Waals surface area contributed by atoms with Gasteiger partial charge in [0.15, 0.2) is 0 Å². The van der Waals surface area contributed by atoms with Crippen LogP contribution in [0.4, 0.5) is 5.69 Å². The Bertz CT molecular complexity index is 943. The van der Waals surface area contributed by atoms with E-state index in [0.29, 0.717) is 10.9 Å². The van der Waals surface area contributed by atoms with Gasteiger partial charge in [-0.15, -0.1) is 16.9 Å². The van der Waals surface area contributed by atoms with E-state index in [1.807, 2.05) is 54.3 Å². The molecule has 132 valence electrons. The van der Waals surface area contributed by atoms with Crippen LogP contribution >= 0.6 is 23.5 Å². The molecule has 0 unspecified atom stereocenters. The van der Waals surface area contributed by atoms with E-state index in [2.05, 4.69) is 21.6 Å². The van der Waals surface area contributed by atoms with Gasteiger partial charge in [-0.05, 0) is 41.1 Å². The Morgan fingerprint density at radius 2 is 1.92 bits per heavy atom. The van der Waals surface area contributed by atoms with Crippen LogP contribution in [-0.2, 0) is 4.79 Å². The second-order valence-corrected chi connectivity index (χ2v) is 7.89. The standard InChI is InChI=1S/C18H17N5OS2/c1-13-6-2-3-7-14(13)23-18(19-20-21-23)26-12-17(24)22-10-11-25-16-9-5-4-8-15(16)22/h2-9H,10-12H2,1H3. The third-order valence-corrected chi connectivity index (χ3v) is 6.09. The molecule has 0 saturated heterocycles. The van der Waals surface area contributed by atoms with Crippen molar-refractivity contribution < 1.29 is 4.79 Å². The Morgan fingerprint density at radius 1 is 1.15 bits per heavy atom. The fraction of sp³-hybridized carbons (Fsp3) is 0.222. The number of hydrogen-bond donors (Lipinski definition) is 0. The Morgan fingerprint density at radius 3 is 2.77 bits per heavy atom. The van der Waals surface area contributed by atoms with Crippen molar-refractivity contribution in [2.45, 2.75) is 17.0 Å². The van der Waals surface area contributed by atoms with Gasteiger partial charge in [-0.3, -0.25) is 4.79 Å². The third kappa shape index (κ3) is 3.34. The summed E-state index contributed by atoms with van der Waals surface area (Å²) in [4.78, 5) is 15.8. The fourth-order valence-electron chi connectivity index (χ4n) is 2.85. The summed E-state index contributed by atoms with van der Waals surface area (Å²) in [7, 11) is 0. The van der Waals surface area contributed by atoms with Crippen molar-refractivity contribution >= 4 is 35.1 Å². The molecule has 1 aliphatic heterocycles. The van der Waals surface area contributed by atoms with E-state index in [4.69, 9.17) is 0 Å². The number of rotatable bonds is 4. The Balaban J connectivity index is 1.50. The van der Waals surface area contributed by atoms with Crippen LogP contribution in [0.2, 0.25) is 0 Å². The Labute approximate surface area is 160 Å². The Hall–Kier alpha value is -2.32. The second-order valence-electron chi connectivity index (χ2n) is 5.81. The zero-order chi connectivity index (χ0) is 17.9. The minimum Gasteiger partial charge on any atom is -0.310 e. The highest BCUT2D eigenvalue weighted by atomic mass is 32.2. The summed E-state index contributed by atoms with van der Waals surface area (Å²) in [5.74, 6) is 1.28. The number of aromatic nitrogens is 4. The lowest BCUT2D eigenvalue weighted by Crippen LogP contribution is -2.36. The van der Waals surface area contributed by atoms with Crippen LogP contribution in [0.5, 0.6) is 0 Å². The number of benzene rings is 2. The third-order valence-electron chi connectivity index (χ3n) is 4.14. The summed E-state index contributed by atoms with van der Waals surface area (Å²) in [6.07, 6.45) is 0. The van der Waals surface area contributed by atoms with Crippen molar-refractivity contribution in [3.05, 3.63) is 54.1 Å². The van der Waals surface area contributed by atoms with Crippen LogP contribution in [0.25, 0.3) is 5.69 Å². The van der Waals surface area contributed by atoms with E-state index in [1.165, 1.54) is 11.8 Å². The van der Waals surface area contributed by atoms with Gasteiger partial charge in [-0.25, -0.2) is 0 Å². The normalized spacial score (nSPS) is 13.5. The van der Waals surface area contributed by atoms with Gasteiger partial charge in [0.25, 0.3) is 0 Å². The first-order valence-corrected chi connectivity index (χ1v) is 10.2. The zero-order valence-electron chi connectivity index (χ0n) is 14.2. The van der Waals surface area contributed by atoms with Crippen molar-refractivity contribution in [1.82, 2.24) is 20.2 Å². The number of thioether (sulfide) groups is 2. The second kappa shape index (κ2) is 7.51. The predicted molar refractivity (Wildman–Crippen MR) is 104 cm³/mol. The fourth-order valence-corrected chi connectivity index (χ4v) is 4.61. The van der Waals surface area contributed by atoms with Gasteiger partial charge < -0.3 is 4.90 Å². The molecule has 0 bridgehead atoms. The lowest BCUT2D eigenvalue weighted by Gasteiger charge is -2.28. The van der Waals surface area contributed by atoms with Crippen LogP contribution in [0, 0.1) is 6.92 Å². The lowest BCUT2D eigenvalue weighted by molar-refractivity contribution is -0.116. The van der Waals surface area contributed by atoms with Gasteiger partial charge in [-0.1, -0.05) is 42.1 Å². The van der Waals surface area contributed by atoms with Gasteiger partial charge >= 0.3 is 0 Å². The highest BCUT2D eigenvalue weighted by molar-refractivity contribution is 8.00. The van der Waals surface area contributed by atoms with E-state index >= 15 is 0 Å². The summed E-state index contributed by atoms with van der Waals surface area (Å²) in [6, 6.07) is 15.9. The van der Waals surface area contributed by atoms with E-state index in [9.17, 15) is 4.79 Å². The molecule has 0 saturated carbocycles. The summed E-state index contributed by atoms with van der Waals surface area (Å²) >= 11 is 3.15. The lowest BCUT2D eigenvalue weighted by atomic mass is 10.2. The van der Waals surface area contributed by atoms with Gasteiger partial charge in [0.2, 0.25) is 11.1 Å². The molecule has 3 aromatic rings. The molecule has 0 atom stereocenters. The van der Waals surface area contributed by atoms with Crippen LogP contribution < -0.4 is 4.90 Å². The maximum absolute atomic E-state index is 12.8. The molecule has 0 N–H and O–H groups in total. The molecule has 2 heterocycles. The van der Waals surface area contributed by atoms with Crippen LogP contribution in [0.1, 0.15) is 5.56 Å². The minimum atomic E-state index is 0.0714. The van der Waals surface area contributed by atoms with Gasteiger partial charge in [-0.2, -0.15) is 4.68 Å². The van der Waals surface area contributed by atoms with Crippen molar-refractivity contribution in [3.8, 4) is 5.69 Å². The zero-order valence-corrected chi connectivity index (χ0v) is 15.8. The van der Waals surface area contributed by atoms with Crippen molar-refractivity contribution in [2.75, 3.05) is 23.0 Å². The number of carbonyl (C=O) groups is 1. The average Bonchev–Trinajstić information content (AvgIpc) is 3.14. The molecule has 4 rings (SSSR count). The molecule has 1 aromatic heterocycles. The molecule has 6 nitrogen and oxygen atoms in total. The SMILES string of the molecule is Cc1ccccc1-n1nnnc1SCC(=O)N1CCSc2ccccc21. The van der Waals surface area contributed by atoms with Gasteiger partial charge in [0.1, 0.15) is 0 Å². The highest BCUT2D eigenvalue weighted by Gasteiger charge is 2.23. The molecule has 26 heavy (non-hydrogen) atoms. The first kappa shape index (κ1) is 17.1. The minimum absolute atomic E-state index is 0.0714. The molecular formula is C18H17N5OS2. The van der Waals surface area contributed by atoms with Crippen LogP contribution in [0.3, 0.4) is 0 Å². The molecule has 1 amide bonds. The number of fused-ring (bicyclic) bond motifs is 1. The summed E-state index contributed by atoms with van der Waals surface area (Å²) in [5, 5.41) is 12.6. The molecule has 0 fully saturated rings. The number of amides is 1. The van der Waals surface area contributed by atoms with Crippen molar-refractivity contribution in [3.63, 3.8) is 0 Å². The predicted octanol–water partition coefficient (Wildman–Crippen LogP) is 3.20. The van der Waals surface area contributed by atoms with Gasteiger partial charge in [0.05, 0.1) is 17.1 Å². The van der Waals surface area contributed by atoms with Crippen LogP contribution in [0.15, 0.2) is 58.6 Å². The van der Waals surface area contributed by atoms with E-state index in [-0.39, 0.29) is 5.91 Å². The smallest absolute Gasteiger partial charge is 0.237 e. The molecular weight excluding hydrogens is 366 g/mol. The monoisotopic (exact) mass is 383 g/mol. The number of hydrogen-bond acceptors (Lipinski definition) is 6. The molecule has 0 radical (unpaired) electrons. The van der Waals surface area contributed by atoms with E-state index in [1.54, 1.807) is 16.4 Å². The molecule has 8 heteroatoms. The number of tetrazole rings is 1. The molecule has 2 aromatic carbocycles. The molecule has 0 spiro atoms. The number of aryl methyl sites for hydroxylation is 1. The quantitative estimate of drug-likeness (QED) is 0.645. The number of anilines is 1. The summed E-state index contributed by atoms with van der Waals surface area (Å²) < 4.78 is 1.69. The average molecular weight is 384 g/mol. The number of carbonyl (C=O) groups excluding carboxylic acids is 1. The molecule has 0 aliphatic carbocycles. The first-order chi connectivity index (χ1) is 12.7. The first-order valence-electron chi connectivity index (χ1n) is 8.23. The summed E-state index contributed by atoms with van der Waals surface area (Å²) in [5.41, 5.74) is 3.00. The summed E-state index contributed by atoms with van der Waals surface area (Å²) in [6.45, 7) is 2.74. The van der Waals surface area contributed by atoms with E-state index in [0.717, 1.165) is 34.1 Å². The van der Waals surface area contributed by atoms with Gasteiger partial charge in [0, 0.05) is 17.2 Å². The largest absolute Gasteiger partial charge is 0.310 e. The maximum Gasteiger partial charge on any atom is 0.237 e. The van der Waals surface area contributed by atoms with Crippen molar-refractivity contribution in [1.29, 1.82) is 0 Å². The van der Waals surface area contributed by atoms with E-state index < -0.39 is 0 Å². The molecule has 1 aliphatic rings.